The molecule has 8 heteroatoms. The fourth-order valence-corrected chi connectivity index (χ4v) is 4.73. The molecule has 0 amide bonds. The van der Waals surface area contributed by atoms with Gasteiger partial charge in [-0.2, -0.15) is 0 Å². The molecule has 0 radical (unpaired) electrons. The minimum Gasteiger partial charge on any atom is -0.396 e. The SMILES string of the molecule is CC(C)(CO)C1OCC2(CO1)COC(C(C)(C)CO)OC2.CN1C(C)(C)CC(O)CC1(C)C. The number of aliphatic hydroxyl groups excluding tert-OH is 3. The molecular formula is C25H49NO7. The van der Waals surface area contributed by atoms with E-state index in [-0.39, 0.29) is 35.8 Å². The van der Waals surface area contributed by atoms with E-state index in [0.717, 1.165) is 12.8 Å². The number of aliphatic hydroxyl groups is 3. The van der Waals surface area contributed by atoms with Gasteiger partial charge in [0.1, 0.15) is 0 Å². The van der Waals surface area contributed by atoms with Gasteiger partial charge in [-0.15, -0.1) is 0 Å². The summed E-state index contributed by atoms with van der Waals surface area (Å²) < 4.78 is 23.1. The highest BCUT2D eigenvalue weighted by Gasteiger charge is 2.47. The van der Waals surface area contributed by atoms with E-state index in [9.17, 15) is 15.3 Å². The molecule has 8 nitrogen and oxygen atoms in total. The van der Waals surface area contributed by atoms with E-state index in [4.69, 9.17) is 18.9 Å². The van der Waals surface area contributed by atoms with Crippen LogP contribution in [0.5, 0.6) is 0 Å². The number of piperidine rings is 1. The van der Waals surface area contributed by atoms with Crippen molar-refractivity contribution in [2.24, 2.45) is 16.2 Å². The summed E-state index contributed by atoms with van der Waals surface area (Å²) in [4.78, 5) is 2.37. The number of likely N-dealkylation sites (tertiary alicyclic amines) is 1. The number of rotatable bonds is 4. The van der Waals surface area contributed by atoms with Crippen molar-refractivity contribution >= 4 is 0 Å². The molecule has 3 rings (SSSR count). The van der Waals surface area contributed by atoms with Crippen molar-refractivity contribution in [3.05, 3.63) is 0 Å². The van der Waals surface area contributed by atoms with Crippen LogP contribution in [0.4, 0.5) is 0 Å². The second-order valence-electron chi connectivity index (χ2n) is 12.9. The number of nitrogens with zero attached hydrogens (tertiary/aromatic N) is 1. The molecule has 3 aliphatic rings. The molecule has 0 bridgehead atoms. The van der Waals surface area contributed by atoms with Gasteiger partial charge in [0.05, 0.1) is 51.2 Å². The lowest BCUT2D eigenvalue weighted by Crippen LogP contribution is -2.59. The van der Waals surface area contributed by atoms with Crippen LogP contribution in [0, 0.1) is 16.2 Å². The Bertz CT molecular complexity index is 563. The summed E-state index contributed by atoms with van der Waals surface area (Å²) in [6.45, 7) is 18.3. The third-order valence-electron chi connectivity index (χ3n) is 7.54. The van der Waals surface area contributed by atoms with Crippen LogP contribution < -0.4 is 0 Å². The molecule has 0 aliphatic carbocycles. The molecule has 33 heavy (non-hydrogen) atoms. The average molecular weight is 476 g/mol. The maximum atomic E-state index is 9.67. The van der Waals surface area contributed by atoms with E-state index in [1.165, 1.54) is 0 Å². The maximum absolute atomic E-state index is 9.67. The number of ether oxygens (including phenoxy) is 4. The topological polar surface area (TPSA) is 101 Å². The molecule has 3 saturated heterocycles. The van der Waals surface area contributed by atoms with Gasteiger partial charge in [0.25, 0.3) is 0 Å². The van der Waals surface area contributed by atoms with Crippen LogP contribution in [0.3, 0.4) is 0 Å². The van der Waals surface area contributed by atoms with E-state index in [0.29, 0.717) is 26.4 Å². The fraction of sp³-hybridized carbons (Fsp3) is 1.00. The molecule has 3 fully saturated rings. The molecule has 0 aromatic carbocycles. The lowest BCUT2D eigenvalue weighted by Gasteiger charge is -2.52. The molecule has 0 unspecified atom stereocenters. The van der Waals surface area contributed by atoms with Gasteiger partial charge in [-0.25, -0.2) is 0 Å². The van der Waals surface area contributed by atoms with Crippen molar-refractivity contribution in [2.45, 2.75) is 98.0 Å². The van der Waals surface area contributed by atoms with Crippen LogP contribution in [0.2, 0.25) is 0 Å². The van der Waals surface area contributed by atoms with Crippen molar-refractivity contribution in [1.29, 1.82) is 0 Å². The van der Waals surface area contributed by atoms with Crippen LogP contribution in [0.25, 0.3) is 0 Å². The fourth-order valence-electron chi connectivity index (χ4n) is 4.73. The largest absolute Gasteiger partial charge is 0.396 e. The summed E-state index contributed by atoms with van der Waals surface area (Å²) >= 11 is 0. The van der Waals surface area contributed by atoms with E-state index >= 15 is 0 Å². The van der Waals surface area contributed by atoms with E-state index in [2.05, 4.69) is 39.6 Å². The highest BCUT2D eigenvalue weighted by molar-refractivity contribution is 4.98. The number of hydrogen-bond donors (Lipinski definition) is 3. The first-order chi connectivity index (χ1) is 15.0. The zero-order valence-corrected chi connectivity index (χ0v) is 22.3. The minimum atomic E-state index is -0.431. The summed E-state index contributed by atoms with van der Waals surface area (Å²) in [6, 6.07) is 0. The average Bonchev–Trinajstić information content (AvgIpc) is 2.72. The van der Waals surface area contributed by atoms with Crippen molar-refractivity contribution in [3.63, 3.8) is 0 Å². The van der Waals surface area contributed by atoms with Crippen LogP contribution >= 0.6 is 0 Å². The number of hydrogen-bond acceptors (Lipinski definition) is 8. The van der Waals surface area contributed by atoms with Gasteiger partial charge in [0.15, 0.2) is 12.6 Å². The molecule has 3 aliphatic heterocycles. The quantitative estimate of drug-likeness (QED) is 0.570. The zero-order chi connectivity index (χ0) is 25.3. The van der Waals surface area contributed by atoms with Crippen molar-refractivity contribution < 1.29 is 34.3 Å². The first-order valence-electron chi connectivity index (χ1n) is 12.1. The second-order valence-corrected chi connectivity index (χ2v) is 12.9. The van der Waals surface area contributed by atoms with Gasteiger partial charge in [-0.05, 0) is 47.6 Å². The monoisotopic (exact) mass is 475 g/mol. The Morgan fingerprint density at radius 2 is 1.03 bits per heavy atom. The van der Waals surface area contributed by atoms with Crippen LogP contribution in [0.15, 0.2) is 0 Å². The van der Waals surface area contributed by atoms with Crippen molar-refractivity contribution in [1.82, 2.24) is 4.90 Å². The summed E-state index contributed by atoms with van der Waals surface area (Å²) in [5, 5.41) is 28.4. The smallest absolute Gasteiger partial charge is 0.164 e. The maximum Gasteiger partial charge on any atom is 0.164 e. The van der Waals surface area contributed by atoms with Crippen molar-refractivity contribution in [3.8, 4) is 0 Å². The standard InChI is InChI=1S/C15H28O6.C10H21NO/c1-13(2,5-16)11-18-7-15(8-19-11)9-20-12(21-10-15)14(3,4)6-17;1-9(2)6-8(12)7-10(3,4)11(9)5/h11-12,16-17H,5-10H2,1-4H3;8,12H,6-7H2,1-5H3. The first kappa shape index (κ1) is 28.9. The van der Waals surface area contributed by atoms with Gasteiger partial charge < -0.3 is 34.3 Å². The second kappa shape index (κ2) is 10.3. The van der Waals surface area contributed by atoms with E-state index in [1.54, 1.807) is 0 Å². The lowest BCUT2D eigenvalue weighted by molar-refractivity contribution is -0.337. The van der Waals surface area contributed by atoms with Gasteiger partial charge in [-0.1, -0.05) is 27.7 Å². The molecule has 1 spiro atoms. The third kappa shape index (κ3) is 6.88. The summed E-state index contributed by atoms with van der Waals surface area (Å²) in [7, 11) is 2.14. The minimum absolute atomic E-state index is 0.00440. The molecule has 3 N–H and O–H groups in total. The predicted octanol–water partition coefficient (Wildman–Crippen LogP) is 2.39. The molecule has 0 atom stereocenters. The van der Waals surface area contributed by atoms with Crippen LogP contribution in [-0.4, -0.2) is 96.7 Å². The van der Waals surface area contributed by atoms with E-state index in [1.807, 2.05) is 27.7 Å². The van der Waals surface area contributed by atoms with Crippen LogP contribution in [-0.2, 0) is 18.9 Å². The summed E-state index contributed by atoms with van der Waals surface area (Å²) in [6.07, 6.45) is 0.797. The molecule has 0 saturated carbocycles. The normalized spacial score (nSPS) is 33.5. The van der Waals surface area contributed by atoms with E-state index < -0.39 is 23.4 Å². The molecule has 3 heterocycles. The highest BCUT2D eigenvalue weighted by Crippen LogP contribution is 2.38. The Kier molecular flexibility index (Phi) is 9.07. The Morgan fingerprint density at radius 1 is 0.727 bits per heavy atom. The van der Waals surface area contributed by atoms with Gasteiger partial charge in [0, 0.05) is 21.9 Å². The highest BCUT2D eigenvalue weighted by atomic mass is 16.7. The Hall–Kier alpha value is -0.320. The molecule has 0 aromatic rings. The summed E-state index contributed by atoms with van der Waals surface area (Å²) in [5.41, 5.74) is -0.911. The lowest BCUT2D eigenvalue weighted by atomic mass is 9.79. The molecule has 196 valence electrons. The van der Waals surface area contributed by atoms with Crippen molar-refractivity contribution in [2.75, 3.05) is 46.7 Å². The predicted molar refractivity (Wildman–Crippen MR) is 127 cm³/mol. The van der Waals surface area contributed by atoms with Crippen LogP contribution in [0.1, 0.15) is 68.2 Å². The molecule has 0 aromatic heterocycles. The van der Waals surface area contributed by atoms with Gasteiger partial charge >= 0.3 is 0 Å². The van der Waals surface area contributed by atoms with Gasteiger partial charge in [-0.3, -0.25) is 4.90 Å². The summed E-state index contributed by atoms with van der Waals surface area (Å²) in [5.74, 6) is 0. The van der Waals surface area contributed by atoms with Gasteiger partial charge in [0.2, 0.25) is 0 Å². The Balaban J connectivity index is 0.000000273. The first-order valence-corrected chi connectivity index (χ1v) is 12.1. The zero-order valence-electron chi connectivity index (χ0n) is 22.3. The third-order valence-corrected chi connectivity index (χ3v) is 7.54. The Labute approximate surface area is 200 Å². The Morgan fingerprint density at radius 3 is 1.30 bits per heavy atom. The molecular weight excluding hydrogens is 426 g/mol.